The number of carbonyl (C=O) groups is 1. The minimum absolute atomic E-state index is 0.0419. The van der Waals surface area contributed by atoms with Gasteiger partial charge in [0, 0.05) is 13.7 Å². The molecule has 0 radical (unpaired) electrons. The van der Waals surface area contributed by atoms with E-state index in [2.05, 4.69) is 5.92 Å². The Kier molecular flexibility index (Phi) is 5.90. The smallest absolute Gasteiger partial charge is 0.411 e. The SMILES string of the molecule is C#CC(OCOC)[C@@H]1[C@H](c2ccccc2)OC(=O)N1Cc1ccccc1. The highest BCUT2D eigenvalue weighted by Crippen LogP contribution is 2.36. The second-order valence-corrected chi connectivity index (χ2v) is 5.98. The van der Waals surface area contributed by atoms with Gasteiger partial charge in [0.1, 0.15) is 18.9 Å². The number of carbonyl (C=O) groups excluding carboxylic acids is 1. The third kappa shape index (κ3) is 3.88. The van der Waals surface area contributed by atoms with Gasteiger partial charge < -0.3 is 14.2 Å². The van der Waals surface area contributed by atoms with E-state index in [0.29, 0.717) is 6.54 Å². The van der Waals surface area contributed by atoms with E-state index in [4.69, 9.17) is 20.6 Å². The molecular formula is C21H21NO4. The first-order valence-electron chi connectivity index (χ1n) is 8.37. The molecule has 1 unspecified atom stereocenters. The van der Waals surface area contributed by atoms with Crippen molar-refractivity contribution in [3.8, 4) is 12.3 Å². The molecule has 134 valence electrons. The third-order valence-electron chi connectivity index (χ3n) is 4.30. The van der Waals surface area contributed by atoms with Crippen LogP contribution in [0.5, 0.6) is 0 Å². The van der Waals surface area contributed by atoms with Crippen molar-refractivity contribution in [3.05, 3.63) is 71.8 Å². The number of nitrogens with zero attached hydrogens (tertiary/aromatic N) is 1. The molecule has 1 aliphatic heterocycles. The Hall–Kier alpha value is -2.81. The third-order valence-corrected chi connectivity index (χ3v) is 4.30. The van der Waals surface area contributed by atoms with Crippen molar-refractivity contribution >= 4 is 6.09 Å². The fourth-order valence-electron chi connectivity index (χ4n) is 3.10. The number of cyclic esters (lactones) is 1. The highest BCUT2D eigenvalue weighted by Gasteiger charge is 2.47. The predicted molar refractivity (Wildman–Crippen MR) is 97.0 cm³/mol. The van der Waals surface area contributed by atoms with Crippen LogP contribution in [0.15, 0.2) is 60.7 Å². The molecule has 2 aromatic rings. The summed E-state index contributed by atoms with van der Waals surface area (Å²) in [5.41, 5.74) is 1.87. The van der Waals surface area contributed by atoms with Crippen LogP contribution >= 0.6 is 0 Å². The highest BCUT2D eigenvalue weighted by molar-refractivity contribution is 5.71. The van der Waals surface area contributed by atoms with Crippen LogP contribution in [0.3, 0.4) is 0 Å². The number of ether oxygens (including phenoxy) is 3. The fraction of sp³-hybridized carbons (Fsp3) is 0.286. The number of methoxy groups -OCH3 is 1. The van der Waals surface area contributed by atoms with Gasteiger partial charge >= 0.3 is 6.09 Å². The molecule has 0 bridgehead atoms. The van der Waals surface area contributed by atoms with Gasteiger partial charge in [-0.15, -0.1) is 6.42 Å². The fourth-order valence-corrected chi connectivity index (χ4v) is 3.10. The predicted octanol–water partition coefficient (Wildman–Crippen LogP) is 3.37. The van der Waals surface area contributed by atoms with E-state index in [1.165, 1.54) is 7.11 Å². The Morgan fingerprint density at radius 2 is 1.81 bits per heavy atom. The summed E-state index contributed by atoms with van der Waals surface area (Å²) in [4.78, 5) is 14.2. The van der Waals surface area contributed by atoms with Crippen LogP contribution in [0.4, 0.5) is 4.79 Å². The summed E-state index contributed by atoms with van der Waals surface area (Å²) < 4.78 is 16.3. The Morgan fingerprint density at radius 1 is 1.15 bits per heavy atom. The zero-order valence-electron chi connectivity index (χ0n) is 14.6. The Balaban J connectivity index is 1.92. The van der Waals surface area contributed by atoms with Crippen LogP contribution in [0.1, 0.15) is 17.2 Å². The lowest BCUT2D eigenvalue weighted by atomic mass is 9.97. The van der Waals surface area contributed by atoms with Crippen LogP contribution in [0.25, 0.3) is 0 Å². The van der Waals surface area contributed by atoms with E-state index in [-0.39, 0.29) is 6.79 Å². The maximum absolute atomic E-state index is 12.6. The Labute approximate surface area is 153 Å². The number of terminal acetylenes is 1. The van der Waals surface area contributed by atoms with Crippen LogP contribution in [-0.2, 0) is 20.8 Å². The first-order chi connectivity index (χ1) is 12.7. The number of rotatable bonds is 7. The molecule has 3 atom stereocenters. The lowest BCUT2D eigenvalue weighted by Gasteiger charge is -2.29. The monoisotopic (exact) mass is 351 g/mol. The molecule has 3 rings (SSSR count). The van der Waals surface area contributed by atoms with Gasteiger partial charge in [-0.05, 0) is 11.1 Å². The second-order valence-electron chi connectivity index (χ2n) is 5.98. The molecule has 0 saturated carbocycles. The molecule has 1 aliphatic rings. The summed E-state index contributed by atoms with van der Waals surface area (Å²) >= 11 is 0. The van der Waals surface area contributed by atoms with Gasteiger partial charge in [0.05, 0.1) is 0 Å². The molecule has 2 aromatic carbocycles. The summed E-state index contributed by atoms with van der Waals surface area (Å²) in [5, 5.41) is 0. The van der Waals surface area contributed by atoms with Crippen LogP contribution in [0.2, 0.25) is 0 Å². The number of amides is 1. The molecule has 5 heteroatoms. The van der Waals surface area contributed by atoms with E-state index in [1.54, 1.807) is 4.90 Å². The number of hydrogen-bond acceptors (Lipinski definition) is 4. The number of hydrogen-bond donors (Lipinski definition) is 0. The average Bonchev–Trinajstić information content (AvgIpc) is 3.00. The van der Waals surface area contributed by atoms with E-state index >= 15 is 0 Å². The molecule has 5 nitrogen and oxygen atoms in total. The zero-order chi connectivity index (χ0) is 18.4. The van der Waals surface area contributed by atoms with Gasteiger partial charge in [-0.1, -0.05) is 66.6 Å². The molecule has 0 aromatic heterocycles. The van der Waals surface area contributed by atoms with Crippen molar-refractivity contribution in [2.24, 2.45) is 0 Å². The maximum Gasteiger partial charge on any atom is 0.411 e. The van der Waals surface area contributed by atoms with Crippen molar-refractivity contribution in [1.29, 1.82) is 0 Å². The van der Waals surface area contributed by atoms with Crippen LogP contribution in [-0.4, -0.2) is 37.0 Å². The standard InChI is InChI=1S/C21H21NO4/c1-3-18(25-15-24-2)19-20(17-12-8-5-9-13-17)26-21(23)22(19)14-16-10-6-4-7-11-16/h1,4-13,18-20H,14-15H2,2H3/t18?,19-,20+/m1/s1. The summed E-state index contributed by atoms with van der Waals surface area (Å²) in [6.45, 7) is 0.433. The molecule has 26 heavy (non-hydrogen) atoms. The largest absolute Gasteiger partial charge is 0.439 e. The summed E-state index contributed by atoms with van der Waals surface area (Å²) in [7, 11) is 1.53. The first kappa shape index (κ1) is 18.0. The van der Waals surface area contributed by atoms with Gasteiger partial charge in [-0.25, -0.2) is 4.79 Å². The molecular weight excluding hydrogens is 330 g/mol. The molecule has 1 saturated heterocycles. The second kappa shape index (κ2) is 8.52. The molecule has 0 spiro atoms. The first-order valence-corrected chi connectivity index (χ1v) is 8.37. The van der Waals surface area contributed by atoms with E-state index in [9.17, 15) is 4.79 Å². The minimum Gasteiger partial charge on any atom is -0.439 e. The topological polar surface area (TPSA) is 48.0 Å². The van der Waals surface area contributed by atoms with Crippen LogP contribution in [0, 0.1) is 12.3 Å². The molecule has 1 amide bonds. The van der Waals surface area contributed by atoms with Gasteiger partial charge in [0.25, 0.3) is 0 Å². The summed E-state index contributed by atoms with van der Waals surface area (Å²) in [6.07, 6.45) is 4.14. The molecule has 1 fully saturated rings. The maximum atomic E-state index is 12.6. The van der Waals surface area contributed by atoms with Gasteiger partial charge in [-0.2, -0.15) is 0 Å². The average molecular weight is 351 g/mol. The lowest BCUT2D eigenvalue weighted by molar-refractivity contribution is -0.0772. The minimum atomic E-state index is -0.657. The lowest BCUT2D eigenvalue weighted by Crippen LogP contribution is -2.43. The molecule has 1 heterocycles. The van der Waals surface area contributed by atoms with Crippen molar-refractivity contribution in [2.75, 3.05) is 13.9 Å². The van der Waals surface area contributed by atoms with Crippen LogP contribution < -0.4 is 0 Å². The normalized spacial score (nSPS) is 20.5. The van der Waals surface area contributed by atoms with Gasteiger partial charge in [-0.3, -0.25) is 4.90 Å². The van der Waals surface area contributed by atoms with E-state index in [1.807, 2.05) is 60.7 Å². The van der Waals surface area contributed by atoms with E-state index < -0.39 is 24.3 Å². The van der Waals surface area contributed by atoms with E-state index in [0.717, 1.165) is 11.1 Å². The van der Waals surface area contributed by atoms with Crippen molar-refractivity contribution in [2.45, 2.75) is 24.8 Å². The highest BCUT2D eigenvalue weighted by atomic mass is 16.7. The van der Waals surface area contributed by atoms with Crippen molar-refractivity contribution in [3.63, 3.8) is 0 Å². The summed E-state index contributed by atoms with van der Waals surface area (Å²) in [6, 6.07) is 18.8. The Morgan fingerprint density at radius 3 is 2.42 bits per heavy atom. The van der Waals surface area contributed by atoms with Crippen molar-refractivity contribution in [1.82, 2.24) is 4.90 Å². The van der Waals surface area contributed by atoms with Gasteiger partial charge in [0.2, 0.25) is 0 Å². The van der Waals surface area contributed by atoms with Crippen molar-refractivity contribution < 1.29 is 19.0 Å². The van der Waals surface area contributed by atoms with Gasteiger partial charge in [0.15, 0.2) is 6.10 Å². The molecule has 0 aliphatic carbocycles. The zero-order valence-corrected chi connectivity index (χ0v) is 14.6. The molecule has 0 N–H and O–H groups in total. The quantitative estimate of drug-likeness (QED) is 0.567. The summed E-state index contributed by atoms with van der Waals surface area (Å²) in [5.74, 6) is 2.64. The Bertz CT molecular complexity index is 757. The number of benzene rings is 2.